The lowest BCUT2D eigenvalue weighted by Gasteiger charge is -2.16. The Hall–Kier alpha value is -2.70. The normalized spacial score (nSPS) is 13.1. The lowest BCUT2D eigenvalue weighted by atomic mass is 10.1. The highest BCUT2D eigenvalue weighted by atomic mass is 16.5. The van der Waals surface area contributed by atoms with Crippen molar-refractivity contribution in [2.24, 2.45) is 0 Å². The highest BCUT2D eigenvalue weighted by Crippen LogP contribution is 2.21. The molecule has 0 bridgehead atoms. The predicted molar refractivity (Wildman–Crippen MR) is 91.7 cm³/mol. The molecular formula is C17H22N4O3. The fraction of sp³-hybridized carbons (Fsp3) is 0.412. The molecule has 3 N–H and O–H groups in total. The van der Waals surface area contributed by atoms with Gasteiger partial charge in [-0.3, -0.25) is 19.4 Å². The number of H-pyrrole nitrogens is 1. The van der Waals surface area contributed by atoms with Crippen LogP contribution >= 0.6 is 0 Å². The number of hydrogen-bond acceptors (Lipinski definition) is 4. The molecule has 24 heavy (non-hydrogen) atoms. The number of benzene rings is 1. The van der Waals surface area contributed by atoms with Gasteiger partial charge in [0.15, 0.2) is 0 Å². The second kappa shape index (κ2) is 6.82. The van der Waals surface area contributed by atoms with Crippen LogP contribution in [0.25, 0.3) is 0 Å². The number of hydrogen-bond donors (Lipinski definition) is 3. The number of rotatable bonds is 5. The zero-order valence-corrected chi connectivity index (χ0v) is 13.9. The van der Waals surface area contributed by atoms with E-state index >= 15 is 0 Å². The van der Waals surface area contributed by atoms with Crippen LogP contribution in [0.4, 0.5) is 5.69 Å². The Labute approximate surface area is 140 Å². The number of nitrogens with zero attached hydrogens (tertiary/aromatic N) is 1. The minimum atomic E-state index is -0.217. The van der Waals surface area contributed by atoms with Gasteiger partial charge in [0.1, 0.15) is 0 Å². The van der Waals surface area contributed by atoms with Crippen molar-refractivity contribution in [3.05, 3.63) is 45.2 Å². The van der Waals surface area contributed by atoms with Crippen LogP contribution in [-0.4, -0.2) is 28.8 Å². The van der Waals surface area contributed by atoms with Gasteiger partial charge in [0.2, 0.25) is 5.88 Å². The van der Waals surface area contributed by atoms with Gasteiger partial charge in [-0.2, -0.15) is 0 Å². The van der Waals surface area contributed by atoms with Gasteiger partial charge < -0.3 is 15.4 Å². The van der Waals surface area contributed by atoms with Gasteiger partial charge in [0.05, 0.1) is 18.7 Å². The number of anilines is 1. The van der Waals surface area contributed by atoms with Crippen molar-refractivity contribution < 1.29 is 9.53 Å². The highest BCUT2D eigenvalue weighted by molar-refractivity contribution is 5.97. The molecule has 0 fully saturated rings. The molecule has 0 radical (unpaired) electrons. The summed E-state index contributed by atoms with van der Waals surface area (Å²) in [5.74, 6) is 0.326. The summed E-state index contributed by atoms with van der Waals surface area (Å²) in [5.41, 5.74) is 2.67. The number of nitrogens with one attached hydrogen (secondary N) is 3. The standard InChI is InChI=1S/C17H22N4O3/c1-3-18-14-7-4-6-12(11(14)2)15(22)19-10-13-16(23)20-21-8-5-9-24-17(13)21/h4,6-7,18H,3,5,8-10H2,1-2H3,(H,19,22)(H,20,23). The quantitative estimate of drug-likeness (QED) is 0.777. The smallest absolute Gasteiger partial charge is 0.273 e. The lowest BCUT2D eigenvalue weighted by Crippen LogP contribution is -2.26. The Kier molecular flexibility index (Phi) is 4.59. The fourth-order valence-corrected chi connectivity index (χ4v) is 2.90. The number of aryl methyl sites for hydroxylation is 1. The minimum absolute atomic E-state index is 0.140. The Balaban J connectivity index is 1.76. The predicted octanol–water partition coefficient (Wildman–Crippen LogP) is 1.63. The zero-order valence-electron chi connectivity index (χ0n) is 13.9. The molecule has 0 saturated heterocycles. The van der Waals surface area contributed by atoms with Crippen LogP contribution in [-0.2, 0) is 13.1 Å². The third-order valence-corrected chi connectivity index (χ3v) is 4.15. The van der Waals surface area contributed by atoms with Gasteiger partial charge in [-0.1, -0.05) is 6.07 Å². The van der Waals surface area contributed by atoms with E-state index in [1.807, 2.05) is 26.0 Å². The molecule has 7 nitrogen and oxygen atoms in total. The molecule has 0 aliphatic carbocycles. The summed E-state index contributed by atoms with van der Waals surface area (Å²) in [6.45, 7) is 6.15. The molecular weight excluding hydrogens is 308 g/mol. The Morgan fingerprint density at radius 3 is 3.04 bits per heavy atom. The highest BCUT2D eigenvalue weighted by Gasteiger charge is 2.20. The van der Waals surface area contributed by atoms with Crippen molar-refractivity contribution in [1.29, 1.82) is 0 Å². The second-order valence-electron chi connectivity index (χ2n) is 5.77. The summed E-state index contributed by atoms with van der Waals surface area (Å²) in [6, 6.07) is 5.57. The van der Waals surface area contributed by atoms with Crippen LogP contribution in [0.1, 0.15) is 34.8 Å². The molecule has 0 spiro atoms. The molecule has 7 heteroatoms. The number of amides is 1. The van der Waals surface area contributed by atoms with E-state index in [1.54, 1.807) is 10.7 Å². The van der Waals surface area contributed by atoms with Crippen LogP contribution in [0.2, 0.25) is 0 Å². The first-order valence-electron chi connectivity index (χ1n) is 8.18. The SMILES string of the molecule is CCNc1cccc(C(=O)NCc2c3n([nH]c2=O)CCCO3)c1C. The fourth-order valence-electron chi connectivity index (χ4n) is 2.90. The van der Waals surface area contributed by atoms with Crippen LogP contribution < -0.4 is 20.9 Å². The Morgan fingerprint density at radius 1 is 1.42 bits per heavy atom. The largest absolute Gasteiger partial charge is 0.477 e. The van der Waals surface area contributed by atoms with Crippen LogP contribution in [0.15, 0.2) is 23.0 Å². The molecule has 3 rings (SSSR count). The summed E-state index contributed by atoms with van der Waals surface area (Å²) in [7, 11) is 0. The van der Waals surface area contributed by atoms with Gasteiger partial charge in [-0.05, 0) is 31.5 Å². The first-order valence-corrected chi connectivity index (χ1v) is 8.18. The van der Waals surface area contributed by atoms with Crippen LogP contribution in [0.3, 0.4) is 0 Å². The third kappa shape index (κ3) is 3.02. The maximum Gasteiger partial charge on any atom is 0.273 e. The average molecular weight is 330 g/mol. The zero-order chi connectivity index (χ0) is 17.1. The lowest BCUT2D eigenvalue weighted by molar-refractivity contribution is 0.0949. The molecule has 128 valence electrons. The molecule has 1 aromatic carbocycles. The Morgan fingerprint density at radius 2 is 2.25 bits per heavy atom. The maximum atomic E-state index is 12.5. The van der Waals surface area contributed by atoms with Crippen molar-refractivity contribution >= 4 is 11.6 Å². The van der Waals surface area contributed by atoms with Gasteiger partial charge >= 0.3 is 0 Å². The summed E-state index contributed by atoms with van der Waals surface area (Å²) in [6.07, 6.45) is 0.861. The summed E-state index contributed by atoms with van der Waals surface area (Å²) >= 11 is 0. The number of carbonyl (C=O) groups excluding carboxylic acids is 1. The topological polar surface area (TPSA) is 88.2 Å². The van der Waals surface area contributed by atoms with Crippen molar-refractivity contribution in [1.82, 2.24) is 15.1 Å². The van der Waals surface area contributed by atoms with E-state index in [1.165, 1.54) is 0 Å². The minimum Gasteiger partial charge on any atom is -0.477 e. The van der Waals surface area contributed by atoms with Gasteiger partial charge in [0.25, 0.3) is 11.5 Å². The summed E-state index contributed by atoms with van der Waals surface area (Å²) in [5, 5.41) is 8.80. The number of fused-ring (bicyclic) bond motifs is 1. The maximum absolute atomic E-state index is 12.5. The monoisotopic (exact) mass is 330 g/mol. The molecule has 1 aliphatic heterocycles. The van der Waals surface area contributed by atoms with E-state index < -0.39 is 0 Å². The van der Waals surface area contributed by atoms with Crippen molar-refractivity contribution in [2.45, 2.75) is 33.4 Å². The second-order valence-corrected chi connectivity index (χ2v) is 5.77. The van der Waals surface area contributed by atoms with E-state index in [-0.39, 0.29) is 18.0 Å². The first kappa shape index (κ1) is 16.2. The molecule has 0 saturated carbocycles. The number of ether oxygens (including phenoxy) is 1. The van der Waals surface area contributed by atoms with Crippen molar-refractivity contribution in [3.63, 3.8) is 0 Å². The van der Waals surface area contributed by atoms with E-state index in [2.05, 4.69) is 15.7 Å². The van der Waals surface area contributed by atoms with Crippen molar-refractivity contribution in [2.75, 3.05) is 18.5 Å². The molecule has 1 amide bonds. The van der Waals surface area contributed by atoms with E-state index in [4.69, 9.17) is 4.74 Å². The van der Waals surface area contributed by atoms with Crippen LogP contribution in [0, 0.1) is 6.92 Å². The van der Waals surface area contributed by atoms with Gasteiger partial charge in [-0.15, -0.1) is 0 Å². The Bertz CT molecular complexity index is 807. The summed E-state index contributed by atoms with van der Waals surface area (Å²) < 4.78 is 7.26. The van der Waals surface area contributed by atoms with E-state index in [0.29, 0.717) is 23.6 Å². The molecule has 1 aliphatic rings. The van der Waals surface area contributed by atoms with Crippen molar-refractivity contribution in [3.8, 4) is 5.88 Å². The first-order chi connectivity index (χ1) is 11.6. The molecule has 0 atom stereocenters. The molecule has 0 unspecified atom stereocenters. The number of carbonyl (C=O) groups is 1. The molecule has 1 aromatic heterocycles. The van der Waals surface area contributed by atoms with Gasteiger partial charge in [-0.25, -0.2) is 0 Å². The molecule has 2 aromatic rings. The van der Waals surface area contributed by atoms with Crippen LogP contribution in [0.5, 0.6) is 5.88 Å². The third-order valence-electron chi connectivity index (χ3n) is 4.15. The van der Waals surface area contributed by atoms with Gasteiger partial charge in [0, 0.05) is 30.8 Å². The summed E-state index contributed by atoms with van der Waals surface area (Å²) in [4.78, 5) is 24.5. The van der Waals surface area contributed by atoms with E-state index in [9.17, 15) is 9.59 Å². The number of aromatic amines is 1. The average Bonchev–Trinajstić information content (AvgIpc) is 2.90. The molecule has 2 heterocycles. The number of aromatic nitrogens is 2. The van der Waals surface area contributed by atoms with E-state index in [0.717, 1.165) is 30.8 Å².